The van der Waals surface area contributed by atoms with Crippen molar-refractivity contribution in [3.8, 4) is 0 Å². The number of rotatable bonds is 8. The monoisotopic (exact) mass is 610 g/mol. The van der Waals surface area contributed by atoms with Crippen molar-refractivity contribution in [2.24, 2.45) is 0 Å². The standard InChI is InChI=1S/C39H48O2P2/c1-25-11-26(2)16-33(15-25)42(34-17-27(3)12-28(4)18-34)23-37-38(41-39(9,10)40-37)24-43(35-19-29(5)13-30(6)20-35)36-21-31(7)14-32(8)22-36/h11-22,37-38H,23-24H2,1-10H3/t37-,38-/m0/s1. The minimum Gasteiger partial charge on any atom is -0.344 e. The summed E-state index contributed by atoms with van der Waals surface area (Å²) in [6.07, 6.45) is 1.89. The molecule has 0 radical (unpaired) electrons. The van der Waals surface area contributed by atoms with Gasteiger partial charge in [0.1, 0.15) is 0 Å². The molecular weight excluding hydrogens is 562 g/mol. The predicted octanol–water partition coefficient (Wildman–Crippen LogP) is 8.24. The highest BCUT2D eigenvalue weighted by Gasteiger charge is 2.43. The van der Waals surface area contributed by atoms with E-state index in [9.17, 15) is 0 Å². The third-order valence-corrected chi connectivity index (χ3v) is 13.1. The fraction of sp³-hybridized carbons (Fsp3) is 0.385. The van der Waals surface area contributed by atoms with E-state index in [0.29, 0.717) is 0 Å². The Morgan fingerprint density at radius 2 is 0.628 bits per heavy atom. The van der Waals surface area contributed by atoms with Crippen molar-refractivity contribution in [1.82, 2.24) is 0 Å². The zero-order chi connectivity index (χ0) is 31.1. The van der Waals surface area contributed by atoms with Crippen LogP contribution in [0.3, 0.4) is 0 Å². The molecule has 1 fully saturated rings. The van der Waals surface area contributed by atoms with Gasteiger partial charge in [0.2, 0.25) is 0 Å². The molecule has 0 spiro atoms. The molecule has 1 heterocycles. The highest BCUT2D eigenvalue weighted by molar-refractivity contribution is 7.73. The zero-order valence-electron chi connectivity index (χ0n) is 27.7. The molecule has 0 saturated carbocycles. The van der Waals surface area contributed by atoms with Gasteiger partial charge in [0, 0.05) is 12.3 Å². The summed E-state index contributed by atoms with van der Waals surface area (Å²) in [5, 5.41) is 5.71. The second-order valence-corrected chi connectivity index (χ2v) is 17.8. The van der Waals surface area contributed by atoms with Crippen molar-refractivity contribution in [2.45, 2.75) is 87.2 Å². The number of ether oxygens (including phenoxy) is 2. The molecule has 5 rings (SSSR count). The van der Waals surface area contributed by atoms with Gasteiger partial charge in [-0.2, -0.15) is 0 Å². The fourth-order valence-corrected chi connectivity index (χ4v) is 12.4. The van der Waals surface area contributed by atoms with Gasteiger partial charge in [-0.1, -0.05) is 117 Å². The van der Waals surface area contributed by atoms with Crippen molar-refractivity contribution in [1.29, 1.82) is 0 Å². The molecule has 1 saturated heterocycles. The van der Waals surface area contributed by atoms with Crippen molar-refractivity contribution in [3.05, 3.63) is 117 Å². The molecule has 0 aliphatic carbocycles. The van der Waals surface area contributed by atoms with Crippen LogP contribution in [0.4, 0.5) is 0 Å². The molecule has 0 N–H and O–H groups in total. The molecule has 226 valence electrons. The molecule has 0 aromatic heterocycles. The normalized spacial score (nSPS) is 18.1. The molecule has 1 aliphatic heterocycles. The minimum absolute atomic E-state index is 0.00422. The summed E-state index contributed by atoms with van der Waals surface area (Å²) in [4.78, 5) is 0. The number of benzene rings is 4. The molecule has 0 amide bonds. The highest BCUT2D eigenvalue weighted by atomic mass is 31.1. The molecule has 43 heavy (non-hydrogen) atoms. The van der Waals surface area contributed by atoms with Gasteiger partial charge in [0.05, 0.1) is 12.2 Å². The quantitative estimate of drug-likeness (QED) is 0.187. The lowest BCUT2D eigenvalue weighted by atomic mass is 10.2. The zero-order valence-corrected chi connectivity index (χ0v) is 29.5. The van der Waals surface area contributed by atoms with Gasteiger partial charge < -0.3 is 9.47 Å². The van der Waals surface area contributed by atoms with Crippen molar-refractivity contribution in [2.75, 3.05) is 12.3 Å². The maximum Gasteiger partial charge on any atom is 0.163 e. The van der Waals surface area contributed by atoms with E-state index in [0.717, 1.165) is 12.3 Å². The van der Waals surface area contributed by atoms with E-state index in [2.05, 4.69) is 142 Å². The average Bonchev–Trinajstić information content (AvgIpc) is 3.16. The summed E-state index contributed by atoms with van der Waals surface area (Å²) < 4.78 is 13.7. The first-order valence-corrected chi connectivity index (χ1v) is 18.5. The third kappa shape index (κ3) is 8.04. The van der Waals surface area contributed by atoms with Gasteiger partial charge in [-0.25, -0.2) is 0 Å². The largest absolute Gasteiger partial charge is 0.344 e. The highest BCUT2D eigenvalue weighted by Crippen LogP contribution is 2.45. The van der Waals surface area contributed by atoms with Gasteiger partial charge >= 0.3 is 0 Å². The Kier molecular flexibility index (Phi) is 9.66. The van der Waals surface area contributed by atoms with E-state index in [1.54, 1.807) is 0 Å². The Morgan fingerprint density at radius 1 is 0.419 bits per heavy atom. The SMILES string of the molecule is Cc1cc(C)cc(P(C[C@@H]2OC(C)(C)O[C@H]2CP(c2cc(C)cc(C)c2)c2cc(C)cc(C)c2)c2cc(C)cc(C)c2)c1. The maximum absolute atomic E-state index is 6.83. The van der Waals surface area contributed by atoms with Crippen LogP contribution in [0.5, 0.6) is 0 Å². The molecular formula is C39H48O2P2. The van der Waals surface area contributed by atoms with Gasteiger partial charge in [0.25, 0.3) is 0 Å². The lowest BCUT2D eigenvalue weighted by molar-refractivity contribution is -0.142. The lowest BCUT2D eigenvalue weighted by Gasteiger charge is -2.28. The lowest BCUT2D eigenvalue weighted by Crippen LogP contribution is -2.34. The Labute approximate surface area is 262 Å². The third-order valence-electron chi connectivity index (χ3n) is 8.08. The molecule has 0 bridgehead atoms. The van der Waals surface area contributed by atoms with E-state index in [4.69, 9.17) is 9.47 Å². The molecule has 2 atom stereocenters. The first-order valence-electron chi connectivity index (χ1n) is 15.5. The summed E-state index contributed by atoms with van der Waals surface area (Å²) in [6.45, 7) is 21.9. The Bertz CT molecular complexity index is 1320. The Hall–Kier alpha value is -2.34. The van der Waals surface area contributed by atoms with Crippen LogP contribution >= 0.6 is 15.8 Å². The van der Waals surface area contributed by atoms with Gasteiger partial charge in [0.15, 0.2) is 5.79 Å². The second-order valence-electron chi connectivity index (χ2n) is 13.3. The van der Waals surface area contributed by atoms with Gasteiger partial charge in [-0.3, -0.25) is 0 Å². The number of hydrogen-bond acceptors (Lipinski definition) is 2. The van der Waals surface area contributed by atoms with Crippen LogP contribution in [0.1, 0.15) is 58.4 Å². The van der Waals surface area contributed by atoms with E-state index < -0.39 is 21.6 Å². The molecule has 0 unspecified atom stereocenters. The van der Waals surface area contributed by atoms with Crippen molar-refractivity contribution < 1.29 is 9.47 Å². The van der Waals surface area contributed by atoms with Gasteiger partial charge in [-0.05, 0) is 106 Å². The predicted molar refractivity (Wildman–Crippen MR) is 190 cm³/mol. The maximum atomic E-state index is 6.83. The summed E-state index contributed by atoms with van der Waals surface area (Å²) >= 11 is 0. The summed E-state index contributed by atoms with van der Waals surface area (Å²) in [5.74, 6) is -0.618. The van der Waals surface area contributed by atoms with Crippen LogP contribution in [0.2, 0.25) is 0 Å². The van der Waals surface area contributed by atoms with Crippen LogP contribution in [-0.2, 0) is 9.47 Å². The summed E-state index contributed by atoms with van der Waals surface area (Å²) in [6, 6.07) is 28.3. The van der Waals surface area contributed by atoms with Crippen LogP contribution in [0.15, 0.2) is 72.8 Å². The molecule has 4 aromatic carbocycles. The van der Waals surface area contributed by atoms with Crippen LogP contribution in [0, 0.1) is 55.4 Å². The summed E-state index contributed by atoms with van der Waals surface area (Å²) in [7, 11) is -1.29. The summed E-state index contributed by atoms with van der Waals surface area (Å²) in [5.41, 5.74) is 10.6. The fourth-order valence-electron chi connectivity index (χ4n) is 6.72. The van der Waals surface area contributed by atoms with Crippen molar-refractivity contribution in [3.63, 3.8) is 0 Å². The first kappa shape index (κ1) is 32.1. The molecule has 4 aromatic rings. The van der Waals surface area contributed by atoms with E-state index >= 15 is 0 Å². The Morgan fingerprint density at radius 3 is 0.837 bits per heavy atom. The van der Waals surface area contributed by atoms with E-state index in [1.165, 1.54) is 65.7 Å². The van der Waals surface area contributed by atoms with E-state index in [-0.39, 0.29) is 12.2 Å². The average molecular weight is 611 g/mol. The molecule has 4 heteroatoms. The molecule has 1 aliphatic rings. The van der Waals surface area contributed by atoms with Crippen LogP contribution in [-0.4, -0.2) is 30.3 Å². The molecule has 2 nitrogen and oxygen atoms in total. The number of aryl methyl sites for hydroxylation is 8. The first-order chi connectivity index (χ1) is 20.2. The van der Waals surface area contributed by atoms with Crippen LogP contribution < -0.4 is 21.2 Å². The topological polar surface area (TPSA) is 18.5 Å². The smallest absolute Gasteiger partial charge is 0.163 e. The van der Waals surface area contributed by atoms with Crippen molar-refractivity contribution >= 4 is 37.1 Å². The van der Waals surface area contributed by atoms with Gasteiger partial charge in [-0.15, -0.1) is 0 Å². The van der Waals surface area contributed by atoms with E-state index in [1.807, 2.05) is 0 Å². The number of hydrogen-bond donors (Lipinski definition) is 0. The minimum atomic E-state index is -0.647. The second kappa shape index (κ2) is 12.9. The van der Waals surface area contributed by atoms with Crippen LogP contribution in [0.25, 0.3) is 0 Å². The Balaban J connectivity index is 1.56.